The van der Waals surface area contributed by atoms with E-state index in [-0.39, 0.29) is 0 Å². The van der Waals surface area contributed by atoms with Crippen LogP contribution in [0.2, 0.25) is 0 Å². The minimum absolute atomic E-state index is 0.485. The van der Waals surface area contributed by atoms with Crippen LogP contribution in [0.4, 0.5) is 11.5 Å². The molecule has 0 unspecified atom stereocenters. The standard InChI is InChI=1S/C25H29BrN2O3/c1-15-7-12-22(31-13-19-8-10-20(30-6)11-9-19)17(3)24(15)28-25-23(26)16(2)21(14-29-5)18(4)27-25/h7-12H,13-14H2,1-6H3,(H,27,28). The van der Waals surface area contributed by atoms with Crippen LogP contribution in [0.3, 0.4) is 0 Å². The number of pyridine rings is 1. The molecule has 2 aromatic carbocycles. The second kappa shape index (κ2) is 10.2. The van der Waals surface area contributed by atoms with Crippen molar-refractivity contribution in [3.8, 4) is 11.5 Å². The lowest BCUT2D eigenvalue weighted by atomic mass is 10.1. The molecule has 0 fully saturated rings. The van der Waals surface area contributed by atoms with Crippen LogP contribution in [0.1, 0.15) is 33.5 Å². The molecular weight excluding hydrogens is 456 g/mol. The van der Waals surface area contributed by atoms with Crippen molar-refractivity contribution in [1.29, 1.82) is 0 Å². The number of hydrogen-bond donors (Lipinski definition) is 1. The molecular formula is C25H29BrN2O3. The third kappa shape index (κ3) is 5.20. The number of halogens is 1. The number of ether oxygens (including phenoxy) is 3. The number of nitrogens with one attached hydrogen (secondary N) is 1. The highest BCUT2D eigenvalue weighted by molar-refractivity contribution is 9.10. The van der Waals surface area contributed by atoms with Crippen LogP contribution in [0.5, 0.6) is 11.5 Å². The Labute approximate surface area is 192 Å². The van der Waals surface area contributed by atoms with Crippen molar-refractivity contribution in [1.82, 2.24) is 4.98 Å². The van der Waals surface area contributed by atoms with E-state index in [1.807, 2.05) is 37.3 Å². The van der Waals surface area contributed by atoms with Crippen LogP contribution in [0, 0.1) is 27.7 Å². The van der Waals surface area contributed by atoms with Gasteiger partial charge in [0.25, 0.3) is 0 Å². The summed E-state index contributed by atoms with van der Waals surface area (Å²) in [6, 6.07) is 12.0. The Bertz CT molecular complexity index is 1070. The van der Waals surface area contributed by atoms with E-state index in [0.717, 1.165) is 61.0 Å². The summed E-state index contributed by atoms with van der Waals surface area (Å²) in [5.41, 5.74) is 7.42. The van der Waals surface area contributed by atoms with Gasteiger partial charge in [-0.2, -0.15) is 0 Å². The zero-order valence-corrected chi connectivity index (χ0v) is 20.5. The molecule has 31 heavy (non-hydrogen) atoms. The monoisotopic (exact) mass is 484 g/mol. The highest BCUT2D eigenvalue weighted by atomic mass is 79.9. The number of aromatic nitrogens is 1. The predicted octanol–water partition coefficient (Wildman–Crippen LogP) is 6.56. The van der Waals surface area contributed by atoms with Crippen molar-refractivity contribution < 1.29 is 14.2 Å². The van der Waals surface area contributed by atoms with Gasteiger partial charge in [-0.1, -0.05) is 18.2 Å². The molecule has 0 aliphatic rings. The SMILES string of the molecule is COCc1c(C)nc(Nc2c(C)ccc(OCc3ccc(OC)cc3)c2C)c(Br)c1C. The van der Waals surface area contributed by atoms with Crippen LogP contribution in [-0.2, 0) is 18.0 Å². The van der Waals surface area contributed by atoms with E-state index in [9.17, 15) is 0 Å². The molecule has 0 radical (unpaired) electrons. The minimum Gasteiger partial charge on any atom is -0.497 e. The number of hydrogen-bond acceptors (Lipinski definition) is 5. The maximum atomic E-state index is 6.13. The molecule has 0 atom stereocenters. The summed E-state index contributed by atoms with van der Waals surface area (Å²) in [6.45, 7) is 9.25. The van der Waals surface area contributed by atoms with Gasteiger partial charge in [-0.05, 0) is 78.5 Å². The van der Waals surface area contributed by atoms with Crippen LogP contribution in [0.25, 0.3) is 0 Å². The van der Waals surface area contributed by atoms with E-state index in [4.69, 9.17) is 19.2 Å². The van der Waals surface area contributed by atoms with Crippen molar-refractivity contribution in [2.45, 2.75) is 40.9 Å². The molecule has 0 aliphatic heterocycles. The molecule has 0 saturated carbocycles. The topological polar surface area (TPSA) is 52.6 Å². The first-order valence-electron chi connectivity index (χ1n) is 10.1. The van der Waals surface area contributed by atoms with Gasteiger partial charge in [0, 0.05) is 29.6 Å². The first-order valence-corrected chi connectivity index (χ1v) is 10.9. The fraction of sp³-hybridized carbons (Fsp3) is 0.320. The Morgan fingerprint density at radius 2 is 1.61 bits per heavy atom. The van der Waals surface area contributed by atoms with Crippen molar-refractivity contribution in [3.05, 3.63) is 74.4 Å². The largest absolute Gasteiger partial charge is 0.497 e. The number of anilines is 2. The normalized spacial score (nSPS) is 10.8. The van der Waals surface area contributed by atoms with E-state index >= 15 is 0 Å². The highest BCUT2D eigenvalue weighted by Crippen LogP contribution is 2.36. The maximum Gasteiger partial charge on any atom is 0.145 e. The summed E-state index contributed by atoms with van der Waals surface area (Å²) in [4.78, 5) is 4.78. The zero-order valence-electron chi connectivity index (χ0n) is 18.9. The summed E-state index contributed by atoms with van der Waals surface area (Å²) < 4.78 is 17.6. The first kappa shape index (κ1) is 23.1. The van der Waals surface area contributed by atoms with Crippen molar-refractivity contribution >= 4 is 27.4 Å². The average Bonchev–Trinajstić information content (AvgIpc) is 2.77. The number of rotatable bonds is 8. The molecule has 6 heteroatoms. The molecule has 1 heterocycles. The van der Waals surface area contributed by atoms with E-state index < -0.39 is 0 Å². The molecule has 0 bridgehead atoms. The Hall–Kier alpha value is -2.57. The quantitative estimate of drug-likeness (QED) is 0.392. The summed E-state index contributed by atoms with van der Waals surface area (Å²) in [7, 11) is 3.36. The summed E-state index contributed by atoms with van der Waals surface area (Å²) in [6.07, 6.45) is 0. The Kier molecular flexibility index (Phi) is 7.57. The number of benzene rings is 2. The molecule has 0 amide bonds. The average molecular weight is 485 g/mol. The molecule has 0 spiro atoms. The van der Waals surface area contributed by atoms with E-state index in [0.29, 0.717) is 13.2 Å². The molecule has 0 saturated heterocycles. The predicted molar refractivity (Wildman–Crippen MR) is 129 cm³/mol. The van der Waals surface area contributed by atoms with E-state index in [1.165, 1.54) is 0 Å². The minimum atomic E-state index is 0.485. The fourth-order valence-electron chi connectivity index (χ4n) is 3.48. The Morgan fingerprint density at radius 1 is 0.903 bits per heavy atom. The molecule has 5 nitrogen and oxygen atoms in total. The fourth-order valence-corrected chi connectivity index (χ4v) is 3.91. The van der Waals surface area contributed by atoms with Gasteiger partial charge >= 0.3 is 0 Å². The lowest BCUT2D eigenvalue weighted by Crippen LogP contribution is -2.07. The van der Waals surface area contributed by atoms with Crippen molar-refractivity contribution in [2.75, 3.05) is 19.5 Å². The van der Waals surface area contributed by atoms with Gasteiger partial charge < -0.3 is 19.5 Å². The van der Waals surface area contributed by atoms with Crippen LogP contribution < -0.4 is 14.8 Å². The molecule has 3 rings (SSSR count). The van der Waals surface area contributed by atoms with Gasteiger partial charge in [0.2, 0.25) is 0 Å². The first-order chi connectivity index (χ1) is 14.8. The zero-order chi connectivity index (χ0) is 22.5. The highest BCUT2D eigenvalue weighted by Gasteiger charge is 2.16. The Morgan fingerprint density at radius 3 is 2.26 bits per heavy atom. The number of aryl methyl sites for hydroxylation is 2. The van der Waals surface area contributed by atoms with Gasteiger partial charge in [0.15, 0.2) is 0 Å². The molecule has 1 N–H and O–H groups in total. The third-order valence-corrected chi connectivity index (χ3v) is 6.39. The van der Waals surface area contributed by atoms with Gasteiger partial charge in [-0.15, -0.1) is 0 Å². The van der Waals surface area contributed by atoms with Gasteiger partial charge in [0.1, 0.15) is 23.9 Å². The van der Waals surface area contributed by atoms with Crippen molar-refractivity contribution in [2.24, 2.45) is 0 Å². The molecule has 0 aliphatic carbocycles. The third-order valence-electron chi connectivity index (χ3n) is 5.42. The van der Waals surface area contributed by atoms with E-state index in [1.54, 1.807) is 14.2 Å². The smallest absolute Gasteiger partial charge is 0.145 e. The molecule has 3 aromatic rings. The van der Waals surface area contributed by atoms with Gasteiger partial charge in [-0.25, -0.2) is 4.98 Å². The number of methoxy groups -OCH3 is 2. The van der Waals surface area contributed by atoms with Crippen LogP contribution in [0.15, 0.2) is 40.9 Å². The summed E-state index contributed by atoms with van der Waals surface area (Å²) in [5, 5.41) is 3.52. The second-order valence-electron chi connectivity index (χ2n) is 7.54. The molecule has 1 aromatic heterocycles. The van der Waals surface area contributed by atoms with Gasteiger partial charge in [0.05, 0.1) is 18.2 Å². The van der Waals surface area contributed by atoms with Crippen LogP contribution >= 0.6 is 15.9 Å². The van der Waals surface area contributed by atoms with Crippen LogP contribution in [-0.4, -0.2) is 19.2 Å². The van der Waals surface area contributed by atoms with Gasteiger partial charge in [-0.3, -0.25) is 0 Å². The summed E-state index contributed by atoms with van der Waals surface area (Å²) >= 11 is 3.71. The second-order valence-corrected chi connectivity index (χ2v) is 8.33. The lowest BCUT2D eigenvalue weighted by molar-refractivity contribution is 0.183. The number of nitrogens with zero attached hydrogens (tertiary/aromatic N) is 1. The van der Waals surface area contributed by atoms with E-state index in [2.05, 4.69) is 48.1 Å². The molecule has 164 valence electrons. The Balaban J connectivity index is 1.85. The maximum absolute atomic E-state index is 6.13. The van der Waals surface area contributed by atoms with Crippen molar-refractivity contribution in [3.63, 3.8) is 0 Å². The summed E-state index contributed by atoms with van der Waals surface area (Å²) in [5.74, 6) is 2.46. The lowest BCUT2D eigenvalue weighted by Gasteiger charge is -2.19.